The average Bonchev–Trinajstić information content (AvgIpc) is 2.19. The van der Waals surface area contributed by atoms with Gasteiger partial charge in [0.2, 0.25) is 0 Å². The Labute approximate surface area is 82.0 Å². The molecule has 1 aliphatic heterocycles. The van der Waals surface area contributed by atoms with Crippen LogP contribution >= 0.6 is 0 Å². The monoisotopic (exact) mass is 194 g/mol. The number of aromatic amines is 1. The Morgan fingerprint density at radius 1 is 1.50 bits per heavy atom. The maximum absolute atomic E-state index is 11.5. The molecule has 1 unspecified atom stereocenters. The number of hydrogen-bond acceptors (Lipinski definition) is 3. The van der Waals surface area contributed by atoms with E-state index in [0.29, 0.717) is 18.5 Å². The largest absolute Gasteiger partial charge is 0.384 e. The molecule has 1 saturated heterocycles. The highest BCUT2D eigenvalue weighted by Crippen LogP contribution is 2.24. The first-order chi connectivity index (χ1) is 6.72. The van der Waals surface area contributed by atoms with Gasteiger partial charge in [0.05, 0.1) is 0 Å². The molecule has 0 aromatic carbocycles. The Morgan fingerprint density at radius 3 is 3.00 bits per heavy atom. The molecule has 14 heavy (non-hydrogen) atoms. The molecule has 1 fully saturated rings. The van der Waals surface area contributed by atoms with Gasteiger partial charge >= 0.3 is 0 Å². The van der Waals surface area contributed by atoms with Crippen LogP contribution in [0.5, 0.6) is 0 Å². The van der Waals surface area contributed by atoms with E-state index in [-0.39, 0.29) is 5.43 Å². The summed E-state index contributed by atoms with van der Waals surface area (Å²) in [5.74, 6) is 0. The minimum Gasteiger partial charge on any atom is -0.384 e. The predicted octanol–water partition coefficient (Wildman–Crippen LogP) is -0.0541. The SMILES string of the molecule is O=c1cc[nH]cc1C1(O)CCCNC1. The van der Waals surface area contributed by atoms with E-state index >= 15 is 0 Å². The number of hydrogen-bond donors (Lipinski definition) is 3. The molecule has 2 rings (SSSR count). The summed E-state index contributed by atoms with van der Waals surface area (Å²) in [6.45, 7) is 1.37. The molecule has 1 aliphatic rings. The Hall–Kier alpha value is -1.13. The smallest absolute Gasteiger partial charge is 0.187 e. The zero-order valence-electron chi connectivity index (χ0n) is 7.92. The standard InChI is InChI=1S/C10H14N2O2/c13-9-2-5-11-6-8(9)10(14)3-1-4-12-7-10/h2,5-6,12,14H,1,3-4,7H2,(H,11,13). The molecule has 4 nitrogen and oxygen atoms in total. The average molecular weight is 194 g/mol. The molecule has 0 radical (unpaired) electrons. The first-order valence-electron chi connectivity index (χ1n) is 4.83. The van der Waals surface area contributed by atoms with Crippen molar-refractivity contribution in [3.05, 3.63) is 34.2 Å². The fraction of sp³-hybridized carbons (Fsp3) is 0.500. The molecule has 2 heterocycles. The van der Waals surface area contributed by atoms with E-state index in [0.717, 1.165) is 13.0 Å². The van der Waals surface area contributed by atoms with Gasteiger partial charge in [0.1, 0.15) is 5.60 Å². The number of nitrogens with one attached hydrogen (secondary N) is 2. The minimum absolute atomic E-state index is 0.102. The highest BCUT2D eigenvalue weighted by Gasteiger charge is 2.32. The third-order valence-electron chi connectivity index (χ3n) is 2.69. The van der Waals surface area contributed by atoms with Crippen LogP contribution in [0.2, 0.25) is 0 Å². The van der Waals surface area contributed by atoms with E-state index < -0.39 is 5.60 Å². The van der Waals surface area contributed by atoms with Gasteiger partial charge < -0.3 is 15.4 Å². The summed E-state index contributed by atoms with van der Waals surface area (Å²) in [7, 11) is 0. The molecular weight excluding hydrogens is 180 g/mol. The Morgan fingerprint density at radius 2 is 2.36 bits per heavy atom. The van der Waals surface area contributed by atoms with E-state index in [4.69, 9.17) is 0 Å². The lowest BCUT2D eigenvalue weighted by molar-refractivity contribution is 0.0111. The van der Waals surface area contributed by atoms with Crippen LogP contribution in [0.1, 0.15) is 18.4 Å². The van der Waals surface area contributed by atoms with Crippen molar-refractivity contribution < 1.29 is 5.11 Å². The van der Waals surface area contributed by atoms with E-state index in [9.17, 15) is 9.90 Å². The number of rotatable bonds is 1. The van der Waals surface area contributed by atoms with Crippen LogP contribution in [0.4, 0.5) is 0 Å². The number of pyridine rings is 1. The molecule has 0 bridgehead atoms. The fourth-order valence-electron chi connectivity index (χ4n) is 1.90. The number of β-amino-alcohol motifs (C(OH)–C–C–N with tert-alkyl or cyclic N) is 1. The van der Waals surface area contributed by atoms with Crippen molar-refractivity contribution in [3.8, 4) is 0 Å². The Balaban J connectivity index is 2.37. The normalized spacial score (nSPS) is 27.5. The molecule has 3 N–H and O–H groups in total. The van der Waals surface area contributed by atoms with Gasteiger partial charge in [0.25, 0.3) is 0 Å². The van der Waals surface area contributed by atoms with Crippen LogP contribution in [0.25, 0.3) is 0 Å². The minimum atomic E-state index is -0.993. The van der Waals surface area contributed by atoms with E-state index in [2.05, 4.69) is 10.3 Å². The second-order valence-electron chi connectivity index (χ2n) is 3.73. The molecule has 0 saturated carbocycles. The van der Waals surface area contributed by atoms with Gasteiger partial charge in [-0.3, -0.25) is 4.79 Å². The van der Waals surface area contributed by atoms with Crippen molar-refractivity contribution >= 4 is 0 Å². The third kappa shape index (κ3) is 1.58. The number of H-pyrrole nitrogens is 1. The summed E-state index contributed by atoms with van der Waals surface area (Å²) < 4.78 is 0. The quantitative estimate of drug-likeness (QED) is 0.587. The molecule has 1 aromatic heterocycles. The molecule has 1 aromatic rings. The Bertz CT molecular complexity index is 366. The molecule has 0 aliphatic carbocycles. The van der Waals surface area contributed by atoms with Crippen molar-refractivity contribution in [1.82, 2.24) is 10.3 Å². The summed E-state index contributed by atoms with van der Waals surface area (Å²) in [5.41, 5.74) is -0.630. The van der Waals surface area contributed by atoms with Gasteiger partial charge in [-0.2, -0.15) is 0 Å². The zero-order chi connectivity index (χ0) is 10.0. The summed E-state index contributed by atoms with van der Waals surface area (Å²) in [4.78, 5) is 14.4. The summed E-state index contributed by atoms with van der Waals surface area (Å²) in [6.07, 6.45) is 4.71. The van der Waals surface area contributed by atoms with Crippen molar-refractivity contribution in [1.29, 1.82) is 0 Å². The van der Waals surface area contributed by atoms with Gasteiger partial charge in [-0.05, 0) is 19.4 Å². The zero-order valence-corrected chi connectivity index (χ0v) is 7.92. The van der Waals surface area contributed by atoms with Crippen LogP contribution in [0, 0.1) is 0 Å². The van der Waals surface area contributed by atoms with Gasteiger partial charge in [0, 0.05) is 30.6 Å². The van der Waals surface area contributed by atoms with Crippen LogP contribution in [-0.4, -0.2) is 23.2 Å². The fourth-order valence-corrected chi connectivity index (χ4v) is 1.90. The Kier molecular flexibility index (Phi) is 2.39. The van der Waals surface area contributed by atoms with Crippen LogP contribution in [-0.2, 0) is 5.60 Å². The summed E-state index contributed by atoms with van der Waals surface area (Å²) >= 11 is 0. The van der Waals surface area contributed by atoms with Gasteiger partial charge in [0.15, 0.2) is 5.43 Å². The van der Waals surface area contributed by atoms with Crippen molar-refractivity contribution in [3.63, 3.8) is 0 Å². The van der Waals surface area contributed by atoms with Gasteiger partial charge in [-0.25, -0.2) is 0 Å². The van der Waals surface area contributed by atoms with Crippen molar-refractivity contribution in [2.45, 2.75) is 18.4 Å². The number of piperidine rings is 1. The van der Waals surface area contributed by atoms with Crippen LogP contribution < -0.4 is 10.7 Å². The maximum atomic E-state index is 11.5. The van der Waals surface area contributed by atoms with E-state index in [1.165, 1.54) is 6.07 Å². The molecule has 0 amide bonds. The van der Waals surface area contributed by atoms with Gasteiger partial charge in [-0.1, -0.05) is 0 Å². The summed E-state index contributed by atoms with van der Waals surface area (Å²) in [5, 5.41) is 13.3. The third-order valence-corrected chi connectivity index (χ3v) is 2.69. The van der Waals surface area contributed by atoms with Gasteiger partial charge in [-0.15, -0.1) is 0 Å². The van der Waals surface area contributed by atoms with Crippen LogP contribution in [0.15, 0.2) is 23.3 Å². The topological polar surface area (TPSA) is 65.1 Å². The molecular formula is C10H14N2O2. The summed E-state index contributed by atoms with van der Waals surface area (Å²) in [6, 6.07) is 1.45. The highest BCUT2D eigenvalue weighted by molar-refractivity contribution is 5.19. The lowest BCUT2D eigenvalue weighted by atomic mass is 9.87. The van der Waals surface area contributed by atoms with E-state index in [1.807, 2.05) is 0 Å². The number of aliphatic hydroxyl groups is 1. The first-order valence-corrected chi connectivity index (χ1v) is 4.83. The maximum Gasteiger partial charge on any atom is 0.187 e. The predicted molar refractivity (Wildman–Crippen MR) is 53.1 cm³/mol. The van der Waals surface area contributed by atoms with E-state index in [1.54, 1.807) is 12.4 Å². The lowest BCUT2D eigenvalue weighted by Gasteiger charge is -2.32. The van der Waals surface area contributed by atoms with Crippen molar-refractivity contribution in [2.75, 3.05) is 13.1 Å². The molecule has 1 atom stereocenters. The highest BCUT2D eigenvalue weighted by atomic mass is 16.3. The molecule has 76 valence electrons. The van der Waals surface area contributed by atoms with Crippen LogP contribution in [0.3, 0.4) is 0 Å². The lowest BCUT2D eigenvalue weighted by Crippen LogP contribution is -2.45. The second-order valence-corrected chi connectivity index (χ2v) is 3.73. The molecule has 0 spiro atoms. The van der Waals surface area contributed by atoms with Crippen molar-refractivity contribution in [2.24, 2.45) is 0 Å². The molecule has 4 heteroatoms. The second kappa shape index (κ2) is 3.55. The number of aromatic nitrogens is 1. The first kappa shape index (κ1) is 9.43.